The van der Waals surface area contributed by atoms with E-state index in [1.807, 2.05) is 27.7 Å². The van der Waals surface area contributed by atoms with Gasteiger partial charge in [0.2, 0.25) is 34.9 Å². The fourth-order valence-electron chi connectivity index (χ4n) is 6.31. The van der Waals surface area contributed by atoms with Crippen LogP contribution in [0.4, 0.5) is 11.4 Å². The Labute approximate surface area is 211 Å². The number of nitrogens with one attached hydrogen (secondary N) is 2. The summed E-state index contributed by atoms with van der Waals surface area (Å²) in [6, 6.07) is 6.31. The van der Waals surface area contributed by atoms with Crippen LogP contribution in [0.5, 0.6) is 0 Å². The summed E-state index contributed by atoms with van der Waals surface area (Å²) in [5.41, 5.74) is -2.97. The molecule has 0 saturated heterocycles. The minimum absolute atomic E-state index is 0.00135. The molecule has 2 bridgehead atoms. The van der Waals surface area contributed by atoms with Crippen LogP contribution >= 0.6 is 0 Å². The van der Waals surface area contributed by atoms with Gasteiger partial charge in [0.1, 0.15) is 11.3 Å². The van der Waals surface area contributed by atoms with Crippen LogP contribution < -0.4 is 10.6 Å². The third-order valence-corrected chi connectivity index (χ3v) is 9.94. The zero-order chi connectivity index (χ0) is 26.8. The fraction of sp³-hybridized carbons (Fsp3) is 0.571. The lowest BCUT2D eigenvalue weighted by molar-refractivity contribution is -0.152. The second-order valence-electron chi connectivity index (χ2n) is 11.9. The van der Waals surface area contributed by atoms with Gasteiger partial charge in [-0.1, -0.05) is 41.5 Å². The summed E-state index contributed by atoms with van der Waals surface area (Å²) in [6.45, 7) is 11.0. The Hall–Kier alpha value is -3.16. The summed E-state index contributed by atoms with van der Waals surface area (Å²) in [6.07, 6.45) is 1.59. The van der Waals surface area contributed by atoms with Crippen LogP contribution in [0.2, 0.25) is 0 Å². The predicted octanol–water partition coefficient (Wildman–Crippen LogP) is 3.74. The third-order valence-electron chi connectivity index (χ3n) is 9.94. The molecule has 8 heteroatoms. The van der Waals surface area contributed by atoms with E-state index < -0.39 is 62.5 Å². The minimum atomic E-state index is -1.40. The number of ketones is 4. The number of benzene rings is 1. The quantitative estimate of drug-likeness (QED) is 0.474. The molecule has 2 N–H and O–H groups in total. The molecule has 0 heterocycles. The normalized spacial score (nSPS) is 33.2. The summed E-state index contributed by atoms with van der Waals surface area (Å²) in [7, 11) is 0. The van der Waals surface area contributed by atoms with Gasteiger partial charge in [-0.15, -0.1) is 0 Å². The standard InChI is InChI=1S/C28H34N2O6/c1-15(2)26(5)12-11-18(19(31)20(26)32)23(35)29-16-7-9-17(10-8-16)30-24(36)28-14-13-27(6,25(28,3)4)21(33)22(28)34/h7-10,15,18H,11-14H2,1-6H3,(H,29,35)(H,30,36)/t18-,26+,27+,28-/m0/s1. The monoisotopic (exact) mass is 494 g/mol. The Morgan fingerprint density at radius 3 is 1.86 bits per heavy atom. The zero-order valence-corrected chi connectivity index (χ0v) is 21.7. The average Bonchev–Trinajstić information content (AvgIpc) is 3.09. The lowest BCUT2D eigenvalue weighted by Gasteiger charge is -2.37. The number of rotatable bonds is 5. The van der Waals surface area contributed by atoms with E-state index in [0.717, 1.165) is 0 Å². The molecule has 1 aromatic rings. The second kappa shape index (κ2) is 8.18. The Balaban J connectivity index is 1.44. The first-order valence-electron chi connectivity index (χ1n) is 12.5. The van der Waals surface area contributed by atoms with Crippen LogP contribution in [0.3, 0.4) is 0 Å². The van der Waals surface area contributed by atoms with Crippen molar-refractivity contribution in [1.82, 2.24) is 0 Å². The molecular weight excluding hydrogens is 460 g/mol. The molecule has 0 aromatic heterocycles. The van der Waals surface area contributed by atoms with Crippen molar-refractivity contribution < 1.29 is 28.8 Å². The van der Waals surface area contributed by atoms with Gasteiger partial charge in [-0.05, 0) is 61.3 Å². The Morgan fingerprint density at radius 2 is 1.36 bits per heavy atom. The summed E-state index contributed by atoms with van der Waals surface area (Å²) in [5.74, 6) is -4.29. The van der Waals surface area contributed by atoms with Gasteiger partial charge in [0.05, 0.1) is 0 Å². The van der Waals surface area contributed by atoms with E-state index in [4.69, 9.17) is 0 Å². The van der Waals surface area contributed by atoms with Crippen molar-refractivity contribution in [2.75, 3.05) is 10.6 Å². The molecule has 3 fully saturated rings. The van der Waals surface area contributed by atoms with Crippen LogP contribution in [-0.2, 0) is 28.8 Å². The van der Waals surface area contributed by atoms with Gasteiger partial charge in [0.25, 0.3) is 0 Å². The van der Waals surface area contributed by atoms with Crippen LogP contribution in [0.25, 0.3) is 0 Å². The van der Waals surface area contributed by atoms with Crippen molar-refractivity contribution in [3.63, 3.8) is 0 Å². The largest absolute Gasteiger partial charge is 0.325 e. The highest BCUT2D eigenvalue weighted by Gasteiger charge is 2.77. The number of anilines is 2. The zero-order valence-electron chi connectivity index (χ0n) is 21.7. The fourth-order valence-corrected chi connectivity index (χ4v) is 6.31. The number of fused-ring (bicyclic) bond motifs is 2. The van der Waals surface area contributed by atoms with E-state index in [2.05, 4.69) is 10.6 Å². The van der Waals surface area contributed by atoms with Crippen molar-refractivity contribution in [3.05, 3.63) is 24.3 Å². The van der Waals surface area contributed by atoms with Crippen molar-refractivity contribution in [3.8, 4) is 0 Å². The molecule has 0 spiro atoms. The van der Waals surface area contributed by atoms with Gasteiger partial charge in [0, 0.05) is 22.2 Å². The molecule has 0 aliphatic heterocycles. The van der Waals surface area contributed by atoms with E-state index in [9.17, 15) is 28.8 Å². The van der Waals surface area contributed by atoms with E-state index in [1.54, 1.807) is 38.1 Å². The number of hydrogen-bond acceptors (Lipinski definition) is 6. The van der Waals surface area contributed by atoms with Crippen LogP contribution in [0.1, 0.15) is 67.2 Å². The number of carbonyl (C=O) groups is 6. The predicted molar refractivity (Wildman–Crippen MR) is 133 cm³/mol. The van der Waals surface area contributed by atoms with Crippen LogP contribution in [-0.4, -0.2) is 34.9 Å². The number of carbonyl (C=O) groups excluding carboxylic acids is 6. The van der Waals surface area contributed by atoms with E-state index >= 15 is 0 Å². The molecule has 0 radical (unpaired) electrons. The molecule has 0 unspecified atom stereocenters. The smallest absolute Gasteiger partial charge is 0.239 e. The lowest BCUT2D eigenvalue weighted by Crippen LogP contribution is -2.48. The topological polar surface area (TPSA) is 126 Å². The Bertz CT molecular complexity index is 1200. The average molecular weight is 495 g/mol. The van der Waals surface area contributed by atoms with Crippen molar-refractivity contribution in [2.45, 2.75) is 67.2 Å². The first kappa shape index (κ1) is 25.9. The Morgan fingerprint density at radius 1 is 0.806 bits per heavy atom. The molecule has 2 amide bonds. The number of hydrogen-bond donors (Lipinski definition) is 2. The molecule has 36 heavy (non-hydrogen) atoms. The molecule has 192 valence electrons. The highest BCUT2D eigenvalue weighted by molar-refractivity contribution is 6.49. The van der Waals surface area contributed by atoms with Crippen molar-refractivity contribution in [1.29, 1.82) is 0 Å². The second-order valence-corrected chi connectivity index (χ2v) is 11.9. The van der Waals surface area contributed by atoms with Gasteiger partial charge in [0.15, 0.2) is 0 Å². The summed E-state index contributed by atoms with van der Waals surface area (Å²) in [5, 5.41) is 5.47. The molecule has 3 aliphatic carbocycles. The highest BCUT2D eigenvalue weighted by Crippen LogP contribution is 2.69. The van der Waals surface area contributed by atoms with Gasteiger partial charge in [-0.2, -0.15) is 0 Å². The van der Waals surface area contributed by atoms with Crippen molar-refractivity contribution >= 4 is 46.3 Å². The molecule has 8 nitrogen and oxygen atoms in total. The van der Waals surface area contributed by atoms with Gasteiger partial charge in [-0.25, -0.2) is 0 Å². The van der Waals surface area contributed by atoms with Gasteiger partial charge in [-0.3, -0.25) is 28.8 Å². The maximum absolute atomic E-state index is 13.3. The molecule has 4 atom stereocenters. The number of Topliss-reactive ketones (excluding diaryl/α,β-unsaturated/α-hetero) is 4. The third kappa shape index (κ3) is 3.26. The first-order chi connectivity index (χ1) is 16.6. The van der Waals surface area contributed by atoms with E-state index in [-0.39, 0.29) is 5.92 Å². The summed E-state index contributed by atoms with van der Waals surface area (Å²) < 4.78 is 0. The molecule has 3 aliphatic rings. The SMILES string of the molecule is CC(C)[C@@]1(C)CC[C@H](C(=O)Nc2ccc(NC(=O)[C@]34CC[C@](C)(C(=O)C3=O)C4(C)C)cc2)C(=O)C1=O. The van der Waals surface area contributed by atoms with Crippen molar-refractivity contribution in [2.24, 2.45) is 33.5 Å². The highest BCUT2D eigenvalue weighted by atomic mass is 16.2. The molecule has 3 saturated carbocycles. The lowest BCUT2D eigenvalue weighted by atomic mass is 9.64. The van der Waals surface area contributed by atoms with Crippen LogP contribution in [0, 0.1) is 33.5 Å². The summed E-state index contributed by atoms with van der Waals surface area (Å²) >= 11 is 0. The molecule has 1 aromatic carbocycles. The Kier molecular flexibility index (Phi) is 5.89. The van der Waals surface area contributed by atoms with Gasteiger partial charge < -0.3 is 10.6 Å². The van der Waals surface area contributed by atoms with Crippen LogP contribution in [0.15, 0.2) is 24.3 Å². The molecule has 4 rings (SSSR count). The summed E-state index contributed by atoms with van der Waals surface area (Å²) in [4.78, 5) is 76.9. The maximum Gasteiger partial charge on any atom is 0.239 e. The maximum atomic E-state index is 13.3. The van der Waals surface area contributed by atoms with E-state index in [1.165, 1.54) is 0 Å². The minimum Gasteiger partial charge on any atom is -0.325 e. The number of amides is 2. The molecular formula is C28H34N2O6. The first-order valence-corrected chi connectivity index (χ1v) is 12.5. The van der Waals surface area contributed by atoms with E-state index in [0.29, 0.717) is 37.1 Å². The van der Waals surface area contributed by atoms with Gasteiger partial charge >= 0.3 is 0 Å².